The van der Waals surface area contributed by atoms with Gasteiger partial charge in [-0.15, -0.1) is 0 Å². The van der Waals surface area contributed by atoms with E-state index in [0.29, 0.717) is 12.2 Å². The highest BCUT2D eigenvalue weighted by Gasteiger charge is 2.21. The minimum absolute atomic E-state index is 0.133. The molecule has 0 atom stereocenters. The van der Waals surface area contributed by atoms with Crippen LogP contribution in [0.15, 0.2) is 60.0 Å². The zero-order valence-corrected chi connectivity index (χ0v) is 13.2. The van der Waals surface area contributed by atoms with Gasteiger partial charge in [0, 0.05) is 37.3 Å². The van der Waals surface area contributed by atoms with Crippen molar-refractivity contribution in [2.24, 2.45) is 5.10 Å². The first-order valence-electron chi connectivity index (χ1n) is 7.85. The lowest BCUT2D eigenvalue weighted by Gasteiger charge is -2.11. The minimum atomic E-state index is -0.194. The van der Waals surface area contributed by atoms with Gasteiger partial charge in [0.2, 0.25) is 11.8 Å². The van der Waals surface area contributed by atoms with Gasteiger partial charge in [-0.2, -0.15) is 5.10 Å². The van der Waals surface area contributed by atoms with Gasteiger partial charge in [0.25, 0.3) is 0 Å². The topological polar surface area (TPSA) is 74.7 Å². The van der Waals surface area contributed by atoms with Crippen LogP contribution in [0.2, 0.25) is 0 Å². The van der Waals surface area contributed by atoms with E-state index in [1.165, 1.54) is 5.01 Å². The second-order valence-electron chi connectivity index (χ2n) is 5.46. The lowest BCUT2D eigenvalue weighted by Crippen LogP contribution is -2.24. The lowest BCUT2D eigenvalue weighted by atomic mass is 10.1. The Labute approximate surface area is 140 Å². The maximum absolute atomic E-state index is 12.2. The van der Waals surface area contributed by atoms with Gasteiger partial charge in [0.15, 0.2) is 0 Å². The maximum atomic E-state index is 12.2. The molecular weight excluding hydrogens is 304 g/mol. The van der Waals surface area contributed by atoms with Gasteiger partial charge >= 0.3 is 0 Å². The van der Waals surface area contributed by atoms with Crippen molar-refractivity contribution < 1.29 is 9.59 Å². The normalized spacial score (nSPS) is 13.5. The summed E-state index contributed by atoms with van der Waals surface area (Å²) in [5, 5.41) is 8.58. The molecule has 1 aliphatic heterocycles. The van der Waals surface area contributed by atoms with Crippen LogP contribution in [-0.4, -0.2) is 34.1 Å². The van der Waals surface area contributed by atoms with E-state index < -0.39 is 0 Å². The lowest BCUT2D eigenvalue weighted by molar-refractivity contribution is -0.132. The Kier molecular flexibility index (Phi) is 4.96. The predicted molar refractivity (Wildman–Crippen MR) is 91.4 cm³/mol. The molecule has 6 heteroatoms. The van der Waals surface area contributed by atoms with Crippen molar-refractivity contribution in [2.45, 2.75) is 19.3 Å². The van der Waals surface area contributed by atoms with Gasteiger partial charge in [-0.1, -0.05) is 30.3 Å². The molecule has 3 rings (SSSR count). The molecule has 1 aliphatic rings. The van der Waals surface area contributed by atoms with Crippen molar-refractivity contribution in [3.8, 4) is 0 Å². The SMILES string of the molecule is O=C(CCC(=O)N1CCC(c2ccccc2)=N1)Nc1ccncc1. The molecule has 2 aromatic rings. The fourth-order valence-electron chi connectivity index (χ4n) is 2.48. The molecule has 0 spiro atoms. The van der Waals surface area contributed by atoms with Gasteiger partial charge in [0.1, 0.15) is 0 Å². The number of hydrogen-bond donors (Lipinski definition) is 1. The number of amides is 2. The number of benzene rings is 1. The summed E-state index contributed by atoms with van der Waals surface area (Å²) in [6, 6.07) is 13.2. The van der Waals surface area contributed by atoms with E-state index >= 15 is 0 Å². The van der Waals surface area contributed by atoms with E-state index in [9.17, 15) is 9.59 Å². The van der Waals surface area contributed by atoms with Crippen LogP contribution in [0.25, 0.3) is 0 Å². The third-order valence-corrected chi connectivity index (χ3v) is 3.73. The summed E-state index contributed by atoms with van der Waals surface area (Å²) in [4.78, 5) is 28.0. The summed E-state index contributed by atoms with van der Waals surface area (Å²) < 4.78 is 0. The summed E-state index contributed by atoms with van der Waals surface area (Å²) in [6.07, 6.45) is 4.21. The second kappa shape index (κ2) is 7.50. The number of nitrogens with one attached hydrogen (secondary N) is 1. The van der Waals surface area contributed by atoms with Crippen LogP contribution < -0.4 is 5.32 Å². The van der Waals surface area contributed by atoms with Crippen molar-refractivity contribution in [2.75, 3.05) is 11.9 Å². The van der Waals surface area contributed by atoms with Crippen molar-refractivity contribution in [1.29, 1.82) is 0 Å². The largest absolute Gasteiger partial charge is 0.326 e. The highest BCUT2D eigenvalue weighted by atomic mass is 16.2. The second-order valence-corrected chi connectivity index (χ2v) is 5.46. The first-order chi connectivity index (χ1) is 11.7. The fraction of sp³-hybridized carbons (Fsp3) is 0.222. The van der Waals surface area contributed by atoms with E-state index in [1.807, 2.05) is 30.3 Å². The molecule has 6 nitrogen and oxygen atoms in total. The zero-order valence-electron chi connectivity index (χ0n) is 13.2. The first kappa shape index (κ1) is 15.9. The molecular formula is C18H18N4O2. The van der Waals surface area contributed by atoms with Crippen LogP contribution in [0.4, 0.5) is 5.69 Å². The van der Waals surface area contributed by atoms with Crippen molar-refractivity contribution in [3.63, 3.8) is 0 Å². The summed E-state index contributed by atoms with van der Waals surface area (Å²) in [5.41, 5.74) is 2.61. The van der Waals surface area contributed by atoms with Crippen molar-refractivity contribution >= 4 is 23.2 Å². The summed E-state index contributed by atoms with van der Waals surface area (Å²) in [7, 11) is 0. The highest BCUT2D eigenvalue weighted by Crippen LogP contribution is 2.15. The molecule has 0 bridgehead atoms. The van der Waals surface area contributed by atoms with E-state index in [1.54, 1.807) is 24.5 Å². The molecule has 0 fully saturated rings. The molecule has 1 N–H and O–H groups in total. The number of hydrazone groups is 1. The molecule has 0 radical (unpaired) electrons. The van der Waals surface area contributed by atoms with E-state index in [2.05, 4.69) is 15.4 Å². The van der Waals surface area contributed by atoms with Gasteiger partial charge < -0.3 is 5.32 Å². The Morgan fingerprint density at radius 1 is 1.04 bits per heavy atom. The number of carbonyl (C=O) groups is 2. The molecule has 0 unspecified atom stereocenters. The number of pyridine rings is 1. The average Bonchev–Trinajstić information content (AvgIpc) is 3.11. The van der Waals surface area contributed by atoms with Crippen LogP contribution in [-0.2, 0) is 9.59 Å². The van der Waals surface area contributed by atoms with Crippen LogP contribution in [0.1, 0.15) is 24.8 Å². The Balaban J connectivity index is 1.51. The van der Waals surface area contributed by atoms with Crippen LogP contribution in [0, 0.1) is 0 Å². The first-order valence-corrected chi connectivity index (χ1v) is 7.85. The molecule has 0 saturated carbocycles. The molecule has 0 aliphatic carbocycles. The predicted octanol–water partition coefficient (Wildman–Crippen LogP) is 2.44. The van der Waals surface area contributed by atoms with E-state index in [0.717, 1.165) is 17.7 Å². The van der Waals surface area contributed by atoms with E-state index in [4.69, 9.17) is 0 Å². The minimum Gasteiger partial charge on any atom is -0.326 e. The third kappa shape index (κ3) is 4.04. The number of nitrogens with zero attached hydrogens (tertiary/aromatic N) is 3. The molecule has 24 heavy (non-hydrogen) atoms. The Bertz CT molecular complexity index is 744. The molecule has 1 aromatic heterocycles. The Morgan fingerprint density at radius 3 is 2.54 bits per heavy atom. The molecule has 0 saturated heterocycles. The number of rotatable bonds is 5. The van der Waals surface area contributed by atoms with Crippen molar-refractivity contribution in [1.82, 2.24) is 9.99 Å². The fourth-order valence-corrected chi connectivity index (χ4v) is 2.48. The summed E-state index contributed by atoms with van der Waals surface area (Å²) in [6.45, 7) is 0.565. The number of anilines is 1. The number of aromatic nitrogens is 1. The van der Waals surface area contributed by atoms with Crippen LogP contribution in [0.3, 0.4) is 0 Å². The van der Waals surface area contributed by atoms with Crippen LogP contribution >= 0.6 is 0 Å². The van der Waals surface area contributed by atoms with Crippen LogP contribution in [0.5, 0.6) is 0 Å². The standard InChI is InChI=1S/C18H18N4O2/c23-17(20-15-8-11-19-12-9-15)6-7-18(24)22-13-10-16(21-22)14-4-2-1-3-5-14/h1-5,8-9,11-12H,6-7,10,13H2,(H,19,20,23). The Morgan fingerprint density at radius 2 is 1.79 bits per heavy atom. The zero-order chi connectivity index (χ0) is 16.8. The van der Waals surface area contributed by atoms with Gasteiger partial charge in [-0.05, 0) is 17.7 Å². The number of carbonyl (C=O) groups excluding carboxylic acids is 2. The summed E-state index contributed by atoms with van der Waals surface area (Å²) >= 11 is 0. The quantitative estimate of drug-likeness (QED) is 0.918. The highest BCUT2D eigenvalue weighted by molar-refractivity contribution is 6.02. The van der Waals surface area contributed by atoms with Gasteiger partial charge in [-0.25, -0.2) is 5.01 Å². The molecule has 2 heterocycles. The smallest absolute Gasteiger partial charge is 0.243 e. The molecule has 122 valence electrons. The third-order valence-electron chi connectivity index (χ3n) is 3.73. The number of hydrogen-bond acceptors (Lipinski definition) is 4. The average molecular weight is 322 g/mol. The van der Waals surface area contributed by atoms with Gasteiger partial charge in [0.05, 0.1) is 12.3 Å². The Hall–Kier alpha value is -3.02. The van der Waals surface area contributed by atoms with E-state index in [-0.39, 0.29) is 24.7 Å². The van der Waals surface area contributed by atoms with Crippen molar-refractivity contribution in [3.05, 3.63) is 60.4 Å². The molecule has 1 aromatic carbocycles. The molecule has 2 amide bonds. The summed E-state index contributed by atoms with van der Waals surface area (Å²) in [5.74, 6) is -0.327. The maximum Gasteiger partial charge on any atom is 0.243 e. The van der Waals surface area contributed by atoms with Gasteiger partial charge in [-0.3, -0.25) is 14.6 Å². The monoisotopic (exact) mass is 322 g/mol.